The monoisotopic (exact) mass is 224 g/mol. The highest BCUT2D eigenvalue weighted by atomic mass is 16.3. The maximum absolute atomic E-state index is 5.40. The maximum Gasteiger partial charge on any atom is 0.134 e. The van der Waals surface area contributed by atoms with Gasteiger partial charge >= 0.3 is 0 Å². The molecule has 0 amide bonds. The molecule has 2 aromatic heterocycles. The van der Waals surface area contributed by atoms with Crippen molar-refractivity contribution >= 4 is 11.0 Å². The van der Waals surface area contributed by atoms with Gasteiger partial charge in [-0.15, -0.1) is 0 Å². The van der Waals surface area contributed by atoms with Crippen LogP contribution in [0.5, 0.6) is 0 Å². The number of aryl methyl sites for hydroxylation is 1. The predicted molar refractivity (Wildman–Crippen MR) is 66.7 cm³/mol. The van der Waals surface area contributed by atoms with Crippen molar-refractivity contribution < 1.29 is 4.42 Å². The van der Waals surface area contributed by atoms with E-state index in [9.17, 15) is 0 Å². The van der Waals surface area contributed by atoms with E-state index in [2.05, 4.69) is 17.1 Å². The first-order valence-corrected chi connectivity index (χ1v) is 5.52. The van der Waals surface area contributed by atoms with Crippen molar-refractivity contribution in [2.24, 2.45) is 0 Å². The van der Waals surface area contributed by atoms with Crippen LogP contribution in [0, 0.1) is 13.8 Å². The molecular formula is C14H12N2O. The van der Waals surface area contributed by atoms with Gasteiger partial charge < -0.3 is 4.42 Å². The molecule has 0 fully saturated rings. The lowest BCUT2D eigenvalue weighted by molar-refractivity contribution is 0.616. The van der Waals surface area contributed by atoms with E-state index in [-0.39, 0.29) is 0 Å². The molecule has 0 spiro atoms. The summed E-state index contributed by atoms with van der Waals surface area (Å²) >= 11 is 0. The highest BCUT2D eigenvalue weighted by Gasteiger charge is 2.08. The Labute approximate surface area is 99.1 Å². The predicted octanol–water partition coefficient (Wildman–Crippen LogP) is 3.51. The lowest BCUT2D eigenvalue weighted by Gasteiger charge is -2.06. The fourth-order valence-electron chi connectivity index (χ4n) is 1.91. The number of aromatic nitrogens is 2. The molecule has 0 saturated carbocycles. The molecule has 0 aliphatic rings. The van der Waals surface area contributed by atoms with Gasteiger partial charge in [0.2, 0.25) is 0 Å². The molecule has 3 aromatic rings. The molecule has 1 aromatic carbocycles. The zero-order chi connectivity index (χ0) is 11.8. The average Bonchev–Trinajstić information content (AvgIpc) is 2.79. The molecule has 3 heteroatoms. The van der Waals surface area contributed by atoms with E-state index in [1.54, 1.807) is 12.5 Å². The van der Waals surface area contributed by atoms with Crippen molar-refractivity contribution in [3.05, 3.63) is 47.9 Å². The van der Waals surface area contributed by atoms with Crippen molar-refractivity contribution in [3.8, 4) is 11.3 Å². The van der Waals surface area contributed by atoms with Gasteiger partial charge in [0, 0.05) is 10.9 Å². The number of furan rings is 1. The minimum Gasteiger partial charge on any atom is -0.464 e. The normalized spacial score (nSPS) is 10.9. The topological polar surface area (TPSA) is 38.9 Å². The van der Waals surface area contributed by atoms with E-state index < -0.39 is 0 Å². The van der Waals surface area contributed by atoms with Crippen molar-refractivity contribution in [3.63, 3.8) is 0 Å². The summed E-state index contributed by atoms with van der Waals surface area (Å²) in [5, 5.41) is 9.32. The Hall–Kier alpha value is -2.16. The Morgan fingerprint density at radius 2 is 2.00 bits per heavy atom. The van der Waals surface area contributed by atoms with Gasteiger partial charge in [-0.25, -0.2) is 0 Å². The van der Waals surface area contributed by atoms with Gasteiger partial charge in [-0.1, -0.05) is 12.1 Å². The summed E-state index contributed by atoms with van der Waals surface area (Å²) in [5.41, 5.74) is 5.15. The van der Waals surface area contributed by atoms with E-state index in [1.807, 2.05) is 31.2 Å². The van der Waals surface area contributed by atoms with Crippen LogP contribution in [0.15, 0.2) is 41.1 Å². The number of benzene rings is 1. The molecule has 0 bridgehead atoms. The first-order chi connectivity index (χ1) is 8.25. The smallest absolute Gasteiger partial charge is 0.134 e. The van der Waals surface area contributed by atoms with E-state index in [0.717, 1.165) is 33.4 Å². The van der Waals surface area contributed by atoms with Crippen LogP contribution in [0.2, 0.25) is 0 Å². The maximum atomic E-state index is 5.40. The Balaban J connectivity index is 2.23. The Bertz CT molecular complexity index is 686. The summed E-state index contributed by atoms with van der Waals surface area (Å²) in [7, 11) is 0. The van der Waals surface area contributed by atoms with Gasteiger partial charge in [0.15, 0.2) is 0 Å². The zero-order valence-electron chi connectivity index (χ0n) is 9.77. The van der Waals surface area contributed by atoms with Gasteiger partial charge in [-0.3, -0.25) is 0 Å². The van der Waals surface area contributed by atoms with Crippen molar-refractivity contribution in [1.29, 1.82) is 0 Å². The number of hydrogen-bond acceptors (Lipinski definition) is 3. The molecule has 0 aliphatic carbocycles. The Morgan fingerprint density at radius 1 is 1.12 bits per heavy atom. The van der Waals surface area contributed by atoms with Crippen LogP contribution in [0.4, 0.5) is 0 Å². The summed E-state index contributed by atoms with van der Waals surface area (Å²) in [4.78, 5) is 0. The van der Waals surface area contributed by atoms with Gasteiger partial charge in [-0.05, 0) is 37.1 Å². The molecular weight excluding hydrogens is 212 g/mol. The van der Waals surface area contributed by atoms with Crippen LogP contribution in [0.1, 0.15) is 11.1 Å². The molecule has 3 rings (SSSR count). The fraction of sp³-hybridized carbons (Fsp3) is 0.143. The van der Waals surface area contributed by atoms with Crippen LogP contribution >= 0.6 is 0 Å². The third-order valence-corrected chi connectivity index (χ3v) is 3.09. The Morgan fingerprint density at radius 3 is 2.88 bits per heavy atom. The number of nitrogens with zero attached hydrogens (tertiary/aromatic N) is 2. The van der Waals surface area contributed by atoms with Crippen LogP contribution in [0.25, 0.3) is 22.2 Å². The van der Waals surface area contributed by atoms with Gasteiger partial charge in [-0.2, -0.15) is 10.2 Å². The molecule has 0 saturated heterocycles. The first-order valence-electron chi connectivity index (χ1n) is 5.52. The minimum absolute atomic E-state index is 0.880. The van der Waals surface area contributed by atoms with E-state index in [1.165, 1.54) is 0 Å². The molecule has 0 radical (unpaired) electrons. The second kappa shape index (κ2) is 3.70. The zero-order valence-corrected chi connectivity index (χ0v) is 9.77. The van der Waals surface area contributed by atoms with E-state index in [0.29, 0.717) is 0 Å². The summed E-state index contributed by atoms with van der Waals surface area (Å²) in [5.74, 6) is 0. The summed E-state index contributed by atoms with van der Waals surface area (Å²) in [6.45, 7) is 4.10. The van der Waals surface area contributed by atoms with E-state index in [4.69, 9.17) is 4.42 Å². The summed E-state index contributed by atoms with van der Waals surface area (Å²) in [6, 6.07) is 8.05. The third kappa shape index (κ3) is 1.60. The Kier molecular flexibility index (Phi) is 2.18. The summed E-state index contributed by atoms with van der Waals surface area (Å²) < 4.78 is 5.40. The molecule has 0 aliphatic heterocycles. The minimum atomic E-state index is 0.880. The van der Waals surface area contributed by atoms with Crippen LogP contribution in [-0.4, -0.2) is 10.2 Å². The lowest BCUT2D eigenvalue weighted by atomic mass is 10.0. The second-order valence-electron chi connectivity index (χ2n) is 4.17. The van der Waals surface area contributed by atoms with E-state index >= 15 is 0 Å². The SMILES string of the molecule is Cc1cnnc(-c2ccc3ccoc3c2)c1C. The third-order valence-electron chi connectivity index (χ3n) is 3.09. The largest absolute Gasteiger partial charge is 0.464 e. The average molecular weight is 224 g/mol. The number of fused-ring (bicyclic) bond motifs is 1. The molecule has 2 heterocycles. The van der Waals surface area contributed by atoms with Crippen LogP contribution in [-0.2, 0) is 0 Å². The van der Waals surface area contributed by atoms with Crippen molar-refractivity contribution in [1.82, 2.24) is 10.2 Å². The first kappa shape index (κ1) is 10.0. The molecule has 17 heavy (non-hydrogen) atoms. The number of rotatable bonds is 1. The van der Waals surface area contributed by atoms with Crippen molar-refractivity contribution in [2.75, 3.05) is 0 Å². The molecule has 0 unspecified atom stereocenters. The van der Waals surface area contributed by atoms with Gasteiger partial charge in [0.1, 0.15) is 5.58 Å². The van der Waals surface area contributed by atoms with Gasteiger partial charge in [0.25, 0.3) is 0 Å². The highest BCUT2D eigenvalue weighted by molar-refractivity contribution is 5.82. The highest BCUT2D eigenvalue weighted by Crippen LogP contribution is 2.26. The van der Waals surface area contributed by atoms with Gasteiger partial charge in [0.05, 0.1) is 18.2 Å². The molecule has 0 N–H and O–H groups in total. The molecule has 3 nitrogen and oxygen atoms in total. The quantitative estimate of drug-likeness (QED) is 0.635. The van der Waals surface area contributed by atoms with Crippen LogP contribution < -0.4 is 0 Å². The molecule has 0 atom stereocenters. The van der Waals surface area contributed by atoms with Crippen molar-refractivity contribution in [2.45, 2.75) is 13.8 Å². The molecule has 84 valence electrons. The fourth-order valence-corrected chi connectivity index (χ4v) is 1.91. The summed E-state index contributed by atoms with van der Waals surface area (Å²) in [6.07, 6.45) is 3.48. The standard InChI is InChI=1S/C14H12N2O/c1-9-8-15-16-14(10(9)2)12-4-3-11-5-6-17-13(11)7-12/h3-8H,1-2H3. The lowest BCUT2D eigenvalue weighted by Crippen LogP contribution is -1.94. The number of hydrogen-bond donors (Lipinski definition) is 0. The second-order valence-corrected chi connectivity index (χ2v) is 4.17. The van der Waals surface area contributed by atoms with Crippen LogP contribution in [0.3, 0.4) is 0 Å².